The Hall–Kier alpha value is -1.84. The van der Waals surface area contributed by atoms with Crippen molar-refractivity contribution in [1.29, 1.82) is 0 Å². The van der Waals surface area contributed by atoms with Crippen LogP contribution in [-0.4, -0.2) is 35.5 Å². The van der Waals surface area contributed by atoms with E-state index in [1.165, 1.54) is 11.1 Å². The molecule has 0 spiro atoms. The number of benzene rings is 1. The predicted octanol–water partition coefficient (Wildman–Crippen LogP) is 3.20. The smallest absolute Gasteiger partial charge is 0.303 e. The molecule has 21 heavy (non-hydrogen) atoms. The van der Waals surface area contributed by atoms with E-state index in [0.29, 0.717) is 19.4 Å². The lowest BCUT2D eigenvalue weighted by molar-refractivity contribution is -0.138. The second-order valence-electron chi connectivity index (χ2n) is 5.53. The molecule has 0 saturated heterocycles. The Kier molecular flexibility index (Phi) is 6.92. The minimum absolute atomic E-state index is 0.0767. The van der Waals surface area contributed by atoms with E-state index >= 15 is 0 Å². The highest BCUT2D eigenvalue weighted by molar-refractivity contribution is 5.77. The van der Waals surface area contributed by atoms with Crippen LogP contribution in [0.25, 0.3) is 0 Å². The molecule has 0 bridgehead atoms. The van der Waals surface area contributed by atoms with E-state index in [4.69, 9.17) is 5.11 Å². The quantitative estimate of drug-likeness (QED) is 0.800. The van der Waals surface area contributed by atoms with Crippen molar-refractivity contribution in [2.24, 2.45) is 0 Å². The van der Waals surface area contributed by atoms with Crippen molar-refractivity contribution in [3.05, 3.63) is 35.4 Å². The summed E-state index contributed by atoms with van der Waals surface area (Å²) < 4.78 is 0. The summed E-state index contributed by atoms with van der Waals surface area (Å²) in [5, 5.41) is 8.62. The largest absolute Gasteiger partial charge is 0.481 e. The van der Waals surface area contributed by atoms with Gasteiger partial charge in [-0.25, -0.2) is 0 Å². The molecule has 0 saturated carbocycles. The molecule has 116 valence electrons. The summed E-state index contributed by atoms with van der Waals surface area (Å²) in [7, 11) is 1.74. The first-order valence-electron chi connectivity index (χ1n) is 7.46. The molecule has 1 aromatic carbocycles. The Morgan fingerprint density at radius 2 is 1.86 bits per heavy atom. The number of carbonyl (C=O) groups is 2. The summed E-state index contributed by atoms with van der Waals surface area (Å²) in [5.74, 6) is -0.519. The van der Waals surface area contributed by atoms with Gasteiger partial charge in [0.25, 0.3) is 0 Å². The maximum Gasteiger partial charge on any atom is 0.303 e. The first-order valence-corrected chi connectivity index (χ1v) is 7.46. The zero-order valence-corrected chi connectivity index (χ0v) is 13.1. The van der Waals surface area contributed by atoms with Crippen molar-refractivity contribution in [2.75, 3.05) is 13.6 Å². The third-order valence-electron chi connectivity index (χ3n) is 3.77. The highest BCUT2D eigenvalue weighted by Gasteiger charge is 2.17. The average Bonchev–Trinajstić information content (AvgIpc) is 2.45. The third-order valence-corrected chi connectivity index (χ3v) is 3.77. The van der Waals surface area contributed by atoms with Crippen LogP contribution in [-0.2, 0) is 9.59 Å². The SMILES string of the molecule is CCC(CC(=O)N(C)CCCC(=O)O)c1ccc(C)cc1. The molecule has 1 atom stereocenters. The number of hydrogen-bond donors (Lipinski definition) is 1. The van der Waals surface area contributed by atoms with E-state index in [2.05, 4.69) is 31.2 Å². The number of carboxylic acids is 1. The zero-order valence-electron chi connectivity index (χ0n) is 13.1. The number of hydrogen-bond acceptors (Lipinski definition) is 2. The van der Waals surface area contributed by atoms with E-state index in [1.807, 2.05) is 6.92 Å². The van der Waals surface area contributed by atoms with E-state index in [0.717, 1.165) is 6.42 Å². The zero-order chi connectivity index (χ0) is 15.8. The minimum atomic E-state index is -0.818. The van der Waals surface area contributed by atoms with Crippen LogP contribution in [0, 0.1) is 6.92 Å². The van der Waals surface area contributed by atoms with Crippen LogP contribution in [0.3, 0.4) is 0 Å². The van der Waals surface area contributed by atoms with Crippen molar-refractivity contribution in [2.45, 2.75) is 45.4 Å². The van der Waals surface area contributed by atoms with Gasteiger partial charge < -0.3 is 10.0 Å². The average molecular weight is 291 g/mol. The maximum atomic E-state index is 12.2. The van der Waals surface area contributed by atoms with E-state index in [9.17, 15) is 9.59 Å². The summed E-state index contributed by atoms with van der Waals surface area (Å²) in [5.41, 5.74) is 2.40. The number of nitrogens with zero attached hydrogens (tertiary/aromatic N) is 1. The minimum Gasteiger partial charge on any atom is -0.481 e. The molecule has 0 radical (unpaired) electrons. The van der Waals surface area contributed by atoms with Crippen LogP contribution in [0.5, 0.6) is 0 Å². The van der Waals surface area contributed by atoms with Crippen LogP contribution in [0.15, 0.2) is 24.3 Å². The molecule has 1 aromatic rings. The molecule has 1 unspecified atom stereocenters. The Morgan fingerprint density at radius 3 is 2.38 bits per heavy atom. The molecule has 1 rings (SSSR count). The molecule has 1 amide bonds. The molecule has 0 aliphatic rings. The van der Waals surface area contributed by atoms with Gasteiger partial charge in [-0.15, -0.1) is 0 Å². The Morgan fingerprint density at radius 1 is 1.24 bits per heavy atom. The third kappa shape index (κ3) is 5.98. The topological polar surface area (TPSA) is 57.6 Å². The number of aliphatic carboxylic acids is 1. The monoisotopic (exact) mass is 291 g/mol. The van der Waals surface area contributed by atoms with Crippen molar-refractivity contribution in [3.63, 3.8) is 0 Å². The molecule has 4 nitrogen and oxygen atoms in total. The highest BCUT2D eigenvalue weighted by atomic mass is 16.4. The van der Waals surface area contributed by atoms with Crippen molar-refractivity contribution in [3.8, 4) is 0 Å². The van der Waals surface area contributed by atoms with Gasteiger partial charge in [-0.2, -0.15) is 0 Å². The van der Waals surface area contributed by atoms with Gasteiger partial charge in [0.05, 0.1) is 0 Å². The summed E-state index contributed by atoms with van der Waals surface area (Å²) in [4.78, 5) is 24.3. The van der Waals surface area contributed by atoms with Gasteiger partial charge in [0, 0.05) is 26.4 Å². The maximum absolute atomic E-state index is 12.2. The molecule has 0 heterocycles. The fourth-order valence-corrected chi connectivity index (χ4v) is 2.30. The van der Waals surface area contributed by atoms with Gasteiger partial charge >= 0.3 is 5.97 Å². The van der Waals surface area contributed by atoms with Gasteiger partial charge in [0.1, 0.15) is 0 Å². The fourth-order valence-electron chi connectivity index (χ4n) is 2.30. The van der Waals surface area contributed by atoms with Crippen LogP contribution in [0.4, 0.5) is 0 Å². The normalized spacial score (nSPS) is 12.0. The van der Waals surface area contributed by atoms with Gasteiger partial charge in [-0.05, 0) is 31.2 Å². The van der Waals surface area contributed by atoms with Gasteiger partial charge in [-0.1, -0.05) is 36.8 Å². The van der Waals surface area contributed by atoms with E-state index in [-0.39, 0.29) is 18.2 Å². The van der Waals surface area contributed by atoms with Gasteiger partial charge in [0.2, 0.25) is 5.91 Å². The van der Waals surface area contributed by atoms with Gasteiger partial charge in [0.15, 0.2) is 0 Å². The molecule has 0 fully saturated rings. The Balaban J connectivity index is 2.53. The number of aryl methyl sites for hydroxylation is 1. The van der Waals surface area contributed by atoms with Crippen LogP contribution >= 0.6 is 0 Å². The summed E-state index contributed by atoms with van der Waals surface area (Å²) in [6.07, 6.45) is 1.99. The first-order chi connectivity index (χ1) is 9.93. The highest BCUT2D eigenvalue weighted by Crippen LogP contribution is 2.24. The van der Waals surface area contributed by atoms with Crippen LogP contribution in [0.2, 0.25) is 0 Å². The van der Waals surface area contributed by atoms with Crippen molar-refractivity contribution < 1.29 is 14.7 Å². The summed E-state index contributed by atoms with van der Waals surface area (Å²) in [6.45, 7) is 4.63. The lowest BCUT2D eigenvalue weighted by atomic mass is 9.92. The lowest BCUT2D eigenvalue weighted by Gasteiger charge is -2.21. The van der Waals surface area contributed by atoms with Crippen LogP contribution in [0.1, 0.15) is 49.7 Å². The van der Waals surface area contributed by atoms with E-state index in [1.54, 1.807) is 11.9 Å². The van der Waals surface area contributed by atoms with Crippen LogP contribution < -0.4 is 0 Å². The fraction of sp³-hybridized carbons (Fsp3) is 0.529. The summed E-state index contributed by atoms with van der Waals surface area (Å²) in [6, 6.07) is 8.31. The second-order valence-corrected chi connectivity index (χ2v) is 5.53. The Bertz CT molecular complexity index is 467. The number of carboxylic acid groups (broad SMARTS) is 1. The molecular formula is C17H25NO3. The second kappa shape index (κ2) is 8.45. The molecule has 0 aliphatic carbocycles. The molecule has 4 heteroatoms. The lowest BCUT2D eigenvalue weighted by Crippen LogP contribution is -2.29. The van der Waals surface area contributed by atoms with Crippen molar-refractivity contribution >= 4 is 11.9 Å². The molecular weight excluding hydrogens is 266 g/mol. The Labute approximate surface area is 126 Å². The molecule has 1 N–H and O–H groups in total. The molecule has 0 aliphatic heterocycles. The van der Waals surface area contributed by atoms with Gasteiger partial charge in [-0.3, -0.25) is 9.59 Å². The summed E-state index contributed by atoms with van der Waals surface area (Å²) >= 11 is 0. The number of rotatable bonds is 8. The standard InChI is InChI=1S/C17H25NO3/c1-4-14(15-9-7-13(2)8-10-15)12-16(19)18(3)11-5-6-17(20)21/h7-10,14H,4-6,11-12H2,1-3H3,(H,20,21). The van der Waals surface area contributed by atoms with E-state index < -0.39 is 5.97 Å². The number of carbonyl (C=O) groups excluding carboxylic acids is 1. The first kappa shape index (κ1) is 17.2. The van der Waals surface area contributed by atoms with Crippen molar-refractivity contribution in [1.82, 2.24) is 4.90 Å². The molecule has 0 aromatic heterocycles. The predicted molar refractivity (Wildman–Crippen MR) is 83.3 cm³/mol. The number of amides is 1.